The fraction of sp³-hybridized carbons (Fsp3) is 0.593. The molecule has 1 heterocycles. The maximum absolute atomic E-state index is 5.87. The molecule has 0 saturated heterocycles. The van der Waals surface area contributed by atoms with E-state index in [9.17, 15) is 0 Å². The topological polar surface area (TPSA) is 31.4 Å². The molecule has 0 radical (unpaired) electrons. The van der Waals surface area contributed by atoms with Crippen molar-refractivity contribution in [3.63, 3.8) is 0 Å². The Bertz CT molecular complexity index is 592. The Kier molecular flexibility index (Phi) is 12.7. The molecule has 0 aliphatic carbocycles. The van der Waals surface area contributed by atoms with Gasteiger partial charge in [0, 0.05) is 5.56 Å². The maximum atomic E-state index is 5.87. The Morgan fingerprint density at radius 2 is 1.07 bits per heavy atom. The van der Waals surface area contributed by atoms with Gasteiger partial charge in [0.15, 0.2) is 0 Å². The maximum Gasteiger partial charge on any atom is 0.137 e. The van der Waals surface area contributed by atoms with Crippen molar-refractivity contribution in [1.82, 2.24) is 4.98 Å². The van der Waals surface area contributed by atoms with Crippen molar-refractivity contribution >= 4 is 0 Å². The Labute approximate surface area is 184 Å². The van der Waals surface area contributed by atoms with Crippen molar-refractivity contribution in [2.45, 2.75) is 90.9 Å². The smallest absolute Gasteiger partial charge is 0.137 e. The third-order valence-electron chi connectivity index (χ3n) is 5.42. The predicted molar refractivity (Wildman–Crippen MR) is 127 cm³/mol. The molecule has 0 atom stereocenters. The summed E-state index contributed by atoms with van der Waals surface area (Å²) in [6.45, 7) is 6.08. The van der Waals surface area contributed by atoms with E-state index in [0.717, 1.165) is 48.8 Å². The van der Waals surface area contributed by atoms with E-state index in [1.807, 2.05) is 30.5 Å². The van der Waals surface area contributed by atoms with E-state index in [4.69, 9.17) is 9.47 Å². The van der Waals surface area contributed by atoms with Crippen molar-refractivity contribution in [1.29, 1.82) is 0 Å². The molecular formula is C27H41NO2. The minimum absolute atomic E-state index is 0.776. The Morgan fingerprint density at radius 1 is 0.567 bits per heavy atom. The van der Waals surface area contributed by atoms with Crippen LogP contribution in [0.1, 0.15) is 90.9 Å². The minimum Gasteiger partial charge on any atom is -0.494 e. The lowest BCUT2D eigenvalue weighted by Gasteiger charge is -2.08. The fourth-order valence-electron chi connectivity index (χ4n) is 3.50. The van der Waals surface area contributed by atoms with Gasteiger partial charge in [0.05, 0.1) is 25.1 Å². The van der Waals surface area contributed by atoms with Crippen molar-refractivity contribution in [2.75, 3.05) is 13.2 Å². The zero-order chi connectivity index (χ0) is 21.3. The van der Waals surface area contributed by atoms with Gasteiger partial charge in [-0.3, -0.25) is 4.98 Å². The molecule has 2 rings (SSSR count). The second-order valence-corrected chi connectivity index (χ2v) is 8.14. The van der Waals surface area contributed by atoms with Crippen LogP contribution < -0.4 is 9.47 Å². The monoisotopic (exact) mass is 411 g/mol. The first-order chi connectivity index (χ1) is 14.8. The van der Waals surface area contributed by atoms with E-state index in [1.54, 1.807) is 0 Å². The van der Waals surface area contributed by atoms with Gasteiger partial charge in [-0.05, 0) is 49.2 Å². The highest BCUT2D eigenvalue weighted by Gasteiger charge is 2.02. The molecule has 0 fully saturated rings. The lowest BCUT2D eigenvalue weighted by Crippen LogP contribution is -1.98. The second kappa shape index (κ2) is 15.8. The first-order valence-electron chi connectivity index (χ1n) is 12.2. The molecule has 0 N–H and O–H groups in total. The summed E-state index contributed by atoms with van der Waals surface area (Å²) in [5, 5.41) is 0. The molecule has 1 aromatic carbocycles. The van der Waals surface area contributed by atoms with Crippen molar-refractivity contribution in [3.05, 3.63) is 42.6 Å². The van der Waals surface area contributed by atoms with Gasteiger partial charge in [0.25, 0.3) is 0 Å². The first-order valence-corrected chi connectivity index (χ1v) is 12.2. The summed E-state index contributed by atoms with van der Waals surface area (Å²) in [5.74, 6) is 1.79. The molecule has 0 spiro atoms. The van der Waals surface area contributed by atoms with E-state index in [2.05, 4.69) is 31.0 Å². The number of unbranched alkanes of at least 4 members (excludes halogenated alkanes) is 10. The van der Waals surface area contributed by atoms with Crippen LogP contribution >= 0.6 is 0 Å². The SMILES string of the molecule is CCCCCCCCOc1ccc(-c2ccc(OCCCCCCCC)cn2)cc1. The van der Waals surface area contributed by atoms with Crippen LogP contribution in [0.5, 0.6) is 11.5 Å². The van der Waals surface area contributed by atoms with Gasteiger partial charge in [0.1, 0.15) is 11.5 Å². The van der Waals surface area contributed by atoms with Crippen LogP contribution in [-0.2, 0) is 0 Å². The van der Waals surface area contributed by atoms with Crippen LogP contribution in [-0.4, -0.2) is 18.2 Å². The summed E-state index contributed by atoms with van der Waals surface area (Å²) in [5.41, 5.74) is 2.06. The van der Waals surface area contributed by atoms with Gasteiger partial charge in [-0.2, -0.15) is 0 Å². The van der Waals surface area contributed by atoms with Gasteiger partial charge in [-0.15, -0.1) is 0 Å². The number of ether oxygens (including phenoxy) is 2. The average Bonchev–Trinajstić information content (AvgIpc) is 2.79. The van der Waals surface area contributed by atoms with E-state index in [0.29, 0.717) is 0 Å². The highest BCUT2D eigenvalue weighted by Crippen LogP contribution is 2.23. The second-order valence-electron chi connectivity index (χ2n) is 8.14. The number of hydrogen-bond acceptors (Lipinski definition) is 3. The highest BCUT2D eigenvalue weighted by atomic mass is 16.5. The third-order valence-corrected chi connectivity index (χ3v) is 5.42. The van der Waals surface area contributed by atoms with E-state index in [1.165, 1.54) is 64.2 Å². The summed E-state index contributed by atoms with van der Waals surface area (Å²) in [6.07, 6.45) is 17.2. The zero-order valence-corrected chi connectivity index (χ0v) is 19.2. The minimum atomic E-state index is 0.776. The summed E-state index contributed by atoms with van der Waals surface area (Å²) >= 11 is 0. The van der Waals surface area contributed by atoms with Crippen LogP contribution in [0.3, 0.4) is 0 Å². The van der Waals surface area contributed by atoms with E-state index in [-0.39, 0.29) is 0 Å². The molecule has 3 nitrogen and oxygen atoms in total. The van der Waals surface area contributed by atoms with Gasteiger partial charge < -0.3 is 9.47 Å². The molecule has 3 heteroatoms. The zero-order valence-electron chi connectivity index (χ0n) is 19.2. The lowest BCUT2D eigenvalue weighted by molar-refractivity contribution is 0.303. The highest BCUT2D eigenvalue weighted by molar-refractivity contribution is 5.60. The Balaban J connectivity index is 1.65. The van der Waals surface area contributed by atoms with Crippen molar-refractivity contribution in [2.24, 2.45) is 0 Å². The van der Waals surface area contributed by atoms with E-state index < -0.39 is 0 Å². The molecule has 0 aliphatic heterocycles. The van der Waals surface area contributed by atoms with E-state index >= 15 is 0 Å². The molecule has 0 unspecified atom stereocenters. The summed E-state index contributed by atoms with van der Waals surface area (Å²) < 4.78 is 11.7. The van der Waals surface area contributed by atoms with Crippen LogP contribution in [0.25, 0.3) is 11.3 Å². The molecule has 0 amide bonds. The molecule has 166 valence electrons. The molecule has 0 saturated carbocycles. The van der Waals surface area contributed by atoms with Gasteiger partial charge in [-0.25, -0.2) is 0 Å². The van der Waals surface area contributed by atoms with Gasteiger partial charge in [0.2, 0.25) is 0 Å². The predicted octanol–water partition coefficient (Wildman–Crippen LogP) is 8.23. The van der Waals surface area contributed by atoms with Gasteiger partial charge >= 0.3 is 0 Å². The molecule has 1 aromatic heterocycles. The average molecular weight is 412 g/mol. The van der Waals surface area contributed by atoms with Crippen LogP contribution in [0.4, 0.5) is 0 Å². The largest absolute Gasteiger partial charge is 0.494 e. The van der Waals surface area contributed by atoms with Gasteiger partial charge in [-0.1, -0.05) is 78.1 Å². The fourth-order valence-corrected chi connectivity index (χ4v) is 3.50. The number of pyridine rings is 1. The van der Waals surface area contributed by atoms with Crippen molar-refractivity contribution < 1.29 is 9.47 Å². The molecule has 30 heavy (non-hydrogen) atoms. The number of hydrogen-bond donors (Lipinski definition) is 0. The third kappa shape index (κ3) is 10.1. The van der Waals surface area contributed by atoms with Crippen LogP contribution in [0.15, 0.2) is 42.6 Å². The number of nitrogens with zero attached hydrogens (tertiary/aromatic N) is 1. The Hall–Kier alpha value is -2.03. The molecule has 2 aromatic rings. The molecular weight excluding hydrogens is 370 g/mol. The summed E-state index contributed by atoms with van der Waals surface area (Å²) in [6, 6.07) is 12.3. The van der Waals surface area contributed by atoms with Crippen LogP contribution in [0.2, 0.25) is 0 Å². The standard InChI is InChI=1S/C27H41NO2/c1-3-5-7-9-11-13-21-29-25-17-15-24(16-18-25)27-20-19-26(23-28-27)30-22-14-12-10-8-6-4-2/h15-20,23H,3-14,21-22H2,1-2H3. The molecule has 0 bridgehead atoms. The number of benzene rings is 1. The number of aromatic nitrogens is 1. The quantitative estimate of drug-likeness (QED) is 0.246. The lowest BCUT2D eigenvalue weighted by atomic mass is 10.1. The first kappa shape index (κ1) is 24.2. The number of rotatable bonds is 17. The molecule has 0 aliphatic rings. The Morgan fingerprint density at radius 3 is 1.60 bits per heavy atom. The normalized spacial score (nSPS) is 10.9. The van der Waals surface area contributed by atoms with Crippen LogP contribution in [0, 0.1) is 0 Å². The van der Waals surface area contributed by atoms with Crippen molar-refractivity contribution in [3.8, 4) is 22.8 Å². The summed E-state index contributed by atoms with van der Waals surface area (Å²) in [4.78, 5) is 4.56. The summed E-state index contributed by atoms with van der Waals surface area (Å²) in [7, 11) is 0.